The summed E-state index contributed by atoms with van der Waals surface area (Å²) in [6.45, 7) is -0.559. The standard InChI is InChI=1S/C22H26F2N2O3/c1-25(15-16-9-11-17(12-10-16)26-13-4-3-5-14-26)21(27)18-7-6-8-19(28-2)20(18)29-22(23)24/h6-12,22H,3-5,13-15H2,1-2H3. The van der Waals surface area contributed by atoms with Crippen molar-refractivity contribution in [1.82, 2.24) is 4.90 Å². The van der Waals surface area contributed by atoms with Crippen molar-refractivity contribution in [2.75, 3.05) is 32.1 Å². The lowest BCUT2D eigenvalue weighted by molar-refractivity contribution is -0.0516. The van der Waals surface area contributed by atoms with Crippen molar-refractivity contribution in [2.45, 2.75) is 32.4 Å². The molecule has 1 fully saturated rings. The van der Waals surface area contributed by atoms with Gasteiger partial charge in [0.1, 0.15) is 0 Å². The van der Waals surface area contributed by atoms with Crippen LogP contribution in [0.1, 0.15) is 35.2 Å². The first-order valence-corrected chi connectivity index (χ1v) is 9.70. The number of halogens is 2. The van der Waals surface area contributed by atoms with Crippen LogP contribution in [0.2, 0.25) is 0 Å². The number of hydrogen-bond donors (Lipinski definition) is 0. The molecule has 1 heterocycles. The summed E-state index contributed by atoms with van der Waals surface area (Å²) in [5.41, 5.74) is 2.18. The van der Waals surface area contributed by atoms with E-state index in [0.717, 1.165) is 18.7 Å². The van der Waals surface area contributed by atoms with Crippen LogP contribution in [-0.4, -0.2) is 44.7 Å². The van der Waals surface area contributed by atoms with E-state index in [1.54, 1.807) is 13.1 Å². The van der Waals surface area contributed by atoms with E-state index < -0.39 is 12.5 Å². The minimum atomic E-state index is -3.05. The number of anilines is 1. The van der Waals surface area contributed by atoms with Crippen molar-refractivity contribution in [2.24, 2.45) is 0 Å². The average Bonchev–Trinajstić information content (AvgIpc) is 2.74. The number of hydrogen-bond acceptors (Lipinski definition) is 4. The van der Waals surface area contributed by atoms with Gasteiger partial charge in [-0.15, -0.1) is 0 Å². The predicted octanol–water partition coefficient (Wildman–Crippen LogP) is 4.56. The molecule has 0 saturated carbocycles. The average molecular weight is 404 g/mol. The van der Waals surface area contributed by atoms with Gasteiger partial charge in [0, 0.05) is 32.4 Å². The maximum absolute atomic E-state index is 12.9. The van der Waals surface area contributed by atoms with Crippen molar-refractivity contribution in [3.8, 4) is 11.5 Å². The largest absolute Gasteiger partial charge is 0.493 e. The number of alkyl halides is 2. The molecular formula is C22H26F2N2O3. The summed E-state index contributed by atoms with van der Waals surface area (Å²) in [5.74, 6) is -0.572. The Balaban J connectivity index is 1.72. The first-order chi connectivity index (χ1) is 14.0. The number of ether oxygens (including phenoxy) is 2. The lowest BCUT2D eigenvalue weighted by atomic mass is 10.1. The summed E-state index contributed by atoms with van der Waals surface area (Å²) >= 11 is 0. The normalized spacial score (nSPS) is 14.0. The highest BCUT2D eigenvalue weighted by molar-refractivity contribution is 5.97. The number of amides is 1. The highest BCUT2D eigenvalue weighted by atomic mass is 19.3. The lowest BCUT2D eigenvalue weighted by Gasteiger charge is -2.29. The van der Waals surface area contributed by atoms with Gasteiger partial charge in [-0.2, -0.15) is 8.78 Å². The topological polar surface area (TPSA) is 42.0 Å². The molecule has 156 valence electrons. The van der Waals surface area contributed by atoms with E-state index in [-0.39, 0.29) is 17.1 Å². The van der Waals surface area contributed by atoms with Gasteiger partial charge in [0.05, 0.1) is 12.7 Å². The van der Waals surface area contributed by atoms with E-state index in [1.807, 2.05) is 12.1 Å². The highest BCUT2D eigenvalue weighted by Gasteiger charge is 2.23. The Morgan fingerprint density at radius 1 is 1.10 bits per heavy atom. The Kier molecular flexibility index (Phi) is 6.90. The summed E-state index contributed by atoms with van der Waals surface area (Å²) < 4.78 is 35.3. The Hall–Kier alpha value is -2.83. The fourth-order valence-electron chi connectivity index (χ4n) is 3.57. The van der Waals surface area contributed by atoms with Gasteiger partial charge < -0.3 is 19.3 Å². The molecule has 29 heavy (non-hydrogen) atoms. The van der Waals surface area contributed by atoms with Crippen molar-refractivity contribution >= 4 is 11.6 Å². The van der Waals surface area contributed by atoms with Crippen molar-refractivity contribution in [3.63, 3.8) is 0 Å². The van der Waals surface area contributed by atoms with E-state index in [9.17, 15) is 13.6 Å². The number of piperidine rings is 1. The molecule has 3 rings (SSSR count). The number of methoxy groups -OCH3 is 1. The predicted molar refractivity (Wildman–Crippen MR) is 108 cm³/mol. The molecule has 0 radical (unpaired) electrons. The minimum absolute atomic E-state index is 0.0390. The fourth-order valence-corrected chi connectivity index (χ4v) is 3.57. The summed E-state index contributed by atoms with van der Waals surface area (Å²) in [6, 6.07) is 12.6. The number of carbonyl (C=O) groups excluding carboxylic acids is 1. The smallest absolute Gasteiger partial charge is 0.387 e. The molecule has 2 aromatic rings. The van der Waals surface area contributed by atoms with Crippen LogP contribution in [0, 0.1) is 0 Å². The third kappa shape index (κ3) is 5.16. The van der Waals surface area contributed by atoms with Gasteiger partial charge in [0.15, 0.2) is 11.5 Å². The van der Waals surface area contributed by atoms with E-state index in [2.05, 4.69) is 21.8 Å². The number of rotatable bonds is 7. The molecule has 2 aromatic carbocycles. The molecule has 1 aliphatic rings. The van der Waals surface area contributed by atoms with E-state index >= 15 is 0 Å². The van der Waals surface area contributed by atoms with Crippen molar-refractivity contribution < 1.29 is 23.0 Å². The Bertz CT molecular complexity index is 821. The zero-order valence-electron chi connectivity index (χ0n) is 16.7. The van der Waals surface area contributed by atoms with Gasteiger partial charge in [-0.05, 0) is 49.1 Å². The van der Waals surface area contributed by atoms with Gasteiger partial charge in [-0.25, -0.2) is 0 Å². The lowest BCUT2D eigenvalue weighted by Crippen LogP contribution is -2.29. The Morgan fingerprint density at radius 2 is 1.79 bits per heavy atom. The van der Waals surface area contributed by atoms with E-state index in [0.29, 0.717) is 6.54 Å². The van der Waals surface area contributed by atoms with Gasteiger partial charge >= 0.3 is 6.61 Å². The maximum atomic E-state index is 12.9. The second kappa shape index (κ2) is 9.58. The summed E-state index contributed by atoms with van der Waals surface area (Å²) in [4.78, 5) is 16.7. The third-order valence-electron chi connectivity index (χ3n) is 5.06. The van der Waals surface area contributed by atoms with E-state index in [1.165, 1.54) is 49.1 Å². The van der Waals surface area contributed by atoms with Gasteiger partial charge in [0.2, 0.25) is 0 Å². The number of para-hydroxylation sites is 1. The monoisotopic (exact) mass is 404 g/mol. The van der Waals surface area contributed by atoms with Crippen LogP contribution < -0.4 is 14.4 Å². The minimum Gasteiger partial charge on any atom is -0.493 e. The van der Waals surface area contributed by atoms with Crippen LogP contribution in [0.4, 0.5) is 14.5 Å². The first-order valence-electron chi connectivity index (χ1n) is 9.70. The van der Waals surface area contributed by atoms with Crippen LogP contribution in [0.25, 0.3) is 0 Å². The molecule has 0 aromatic heterocycles. The van der Waals surface area contributed by atoms with Crippen LogP contribution >= 0.6 is 0 Å². The van der Waals surface area contributed by atoms with Gasteiger partial charge in [0.25, 0.3) is 5.91 Å². The zero-order valence-corrected chi connectivity index (χ0v) is 16.7. The molecular weight excluding hydrogens is 378 g/mol. The molecule has 0 spiro atoms. The molecule has 1 aliphatic heterocycles. The molecule has 7 heteroatoms. The number of nitrogens with zero attached hydrogens (tertiary/aromatic N) is 2. The Labute approximate surface area is 169 Å². The van der Waals surface area contributed by atoms with Gasteiger partial charge in [-0.1, -0.05) is 18.2 Å². The van der Waals surface area contributed by atoms with Crippen molar-refractivity contribution in [1.29, 1.82) is 0 Å². The number of carbonyl (C=O) groups is 1. The highest BCUT2D eigenvalue weighted by Crippen LogP contribution is 2.33. The molecule has 0 bridgehead atoms. The number of benzene rings is 2. The molecule has 0 N–H and O–H groups in total. The summed E-state index contributed by atoms with van der Waals surface area (Å²) in [6.07, 6.45) is 3.70. The maximum Gasteiger partial charge on any atom is 0.387 e. The molecule has 1 saturated heterocycles. The summed E-state index contributed by atoms with van der Waals surface area (Å²) in [5, 5.41) is 0. The quantitative estimate of drug-likeness (QED) is 0.679. The first kappa shape index (κ1) is 20.9. The fraction of sp³-hybridized carbons (Fsp3) is 0.409. The molecule has 1 amide bonds. The molecule has 0 aliphatic carbocycles. The summed E-state index contributed by atoms with van der Waals surface area (Å²) in [7, 11) is 2.97. The SMILES string of the molecule is COc1cccc(C(=O)N(C)Cc2ccc(N3CCCCC3)cc2)c1OC(F)F. The second-order valence-electron chi connectivity index (χ2n) is 7.09. The van der Waals surface area contributed by atoms with E-state index in [4.69, 9.17) is 4.74 Å². The molecule has 0 atom stereocenters. The van der Waals surface area contributed by atoms with Crippen LogP contribution in [-0.2, 0) is 6.54 Å². The van der Waals surface area contributed by atoms with Crippen LogP contribution in [0.3, 0.4) is 0 Å². The van der Waals surface area contributed by atoms with Gasteiger partial charge in [-0.3, -0.25) is 4.79 Å². The second-order valence-corrected chi connectivity index (χ2v) is 7.09. The molecule has 0 unspecified atom stereocenters. The Morgan fingerprint density at radius 3 is 2.41 bits per heavy atom. The zero-order chi connectivity index (χ0) is 20.8. The van der Waals surface area contributed by atoms with Crippen molar-refractivity contribution in [3.05, 3.63) is 53.6 Å². The van der Waals surface area contributed by atoms with Crippen LogP contribution in [0.5, 0.6) is 11.5 Å². The molecule has 5 nitrogen and oxygen atoms in total. The van der Waals surface area contributed by atoms with Crippen LogP contribution in [0.15, 0.2) is 42.5 Å². The third-order valence-corrected chi connectivity index (χ3v) is 5.06.